The van der Waals surface area contributed by atoms with Gasteiger partial charge < -0.3 is 4.74 Å². The van der Waals surface area contributed by atoms with Gasteiger partial charge in [0, 0.05) is 13.3 Å². The molecule has 0 saturated heterocycles. The van der Waals surface area contributed by atoms with Crippen molar-refractivity contribution in [1.29, 1.82) is 0 Å². The van der Waals surface area contributed by atoms with E-state index < -0.39 is 0 Å². The van der Waals surface area contributed by atoms with Crippen LogP contribution in [0.25, 0.3) is 0 Å². The molecule has 0 bridgehead atoms. The van der Waals surface area contributed by atoms with Crippen molar-refractivity contribution in [2.24, 2.45) is 40.4 Å². The lowest BCUT2D eigenvalue weighted by molar-refractivity contribution is -0.148. The fourth-order valence-corrected chi connectivity index (χ4v) is 8.77. The Kier molecular flexibility index (Phi) is 6.50. The fourth-order valence-electron chi connectivity index (χ4n) is 8.77. The van der Waals surface area contributed by atoms with Gasteiger partial charge in [-0.3, -0.25) is 4.79 Å². The van der Waals surface area contributed by atoms with Crippen molar-refractivity contribution >= 4 is 5.97 Å². The van der Waals surface area contributed by atoms with Crippen molar-refractivity contribution in [1.82, 2.24) is 0 Å². The van der Waals surface area contributed by atoms with E-state index in [2.05, 4.69) is 46.8 Å². The zero-order valence-corrected chi connectivity index (χ0v) is 21.0. The van der Waals surface area contributed by atoms with Crippen molar-refractivity contribution < 1.29 is 9.53 Å². The highest BCUT2D eigenvalue weighted by molar-refractivity contribution is 5.66. The monoisotopic (exact) mass is 426 g/mol. The molecular formula is C29H46O2. The summed E-state index contributed by atoms with van der Waals surface area (Å²) in [5.41, 5.74) is 3.96. The molecule has 4 aliphatic carbocycles. The molecule has 0 aromatic carbocycles. The largest absolute Gasteiger partial charge is 0.462 e. The second-order valence-electron chi connectivity index (χ2n) is 12.3. The molecule has 0 N–H and O–H groups in total. The predicted molar refractivity (Wildman–Crippen MR) is 129 cm³/mol. The van der Waals surface area contributed by atoms with Crippen LogP contribution >= 0.6 is 0 Å². The van der Waals surface area contributed by atoms with Gasteiger partial charge in [-0.25, -0.2) is 0 Å². The maximum Gasteiger partial charge on any atom is 0.302 e. The number of allylic oxidation sites excluding steroid dienone is 3. The molecule has 3 saturated carbocycles. The average Bonchev–Trinajstić information content (AvgIpc) is 3.05. The van der Waals surface area contributed by atoms with Gasteiger partial charge in [-0.1, -0.05) is 44.1 Å². The van der Waals surface area contributed by atoms with E-state index in [1.807, 2.05) is 0 Å². The summed E-state index contributed by atoms with van der Waals surface area (Å²) in [4.78, 5) is 11.5. The molecule has 4 rings (SSSR count). The second-order valence-corrected chi connectivity index (χ2v) is 12.3. The number of esters is 1. The van der Waals surface area contributed by atoms with Gasteiger partial charge in [0.2, 0.25) is 0 Å². The second kappa shape index (κ2) is 8.71. The number of fused-ring (bicyclic) bond motifs is 5. The molecule has 174 valence electrons. The lowest BCUT2D eigenvalue weighted by atomic mass is 9.47. The molecule has 4 aliphatic rings. The summed E-state index contributed by atoms with van der Waals surface area (Å²) >= 11 is 0. The summed E-state index contributed by atoms with van der Waals surface area (Å²) in [5, 5.41) is 0. The Morgan fingerprint density at radius 2 is 1.90 bits per heavy atom. The van der Waals surface area contributed by atoms with Crippen LogP contribution in [0.1, 0.15) is 106 Å². The molecule has 0 aromatic heterocycles. The van der Waals surface area contributed by atoms with E-state index in [1.165, 1.54) is 56.9 Å². The van der Waals surface area contributed by atoms with Gasteiger partial charge in [0.25, 0.3) is 0 Å². The van der Waals surface area contributed by atoms with Crippen LogP contribution in [0.15, 0.2) is 23.3 Å². The molecule has 0 radical (unpaired) electrons. The van der Waals surface area contributed by atoms with E-state index in [0.717, 1.165) is 42.4 Å². The number of hydrogen-bond acceptors (Lipinski definition) is 2. The zero-order chi connectivity index (χ0) is 22.4. The SMILES string of the molecule is CC(=O)O[C@@H]1CC[C@@]2(C)C(=CC[C@@H]3[C@H]4CC[C@H]([C@H](C)CCC=C(C)C)[C@@]4(C)CC[C@H]32)C1. The summed E-state index contributed by atoms with van der Waals surface area (Å²) in [6.07, 6.45) is 17.9. The minimum Gasteiger partial charge on any atom is -0.462 e. The topological polar surface area (TPSA) is 26.3 Å². The van der Waals surface area contributed by atoms with E-state index in [-0.39, 0.29) is 12.1 Å². The maximum atomic E-state index is 11.5. The van der Waals surface area contributed by atoms with E-state index >= 15 is 0 Å². The lowest BCUT2D eigenvalue weighted by Crippen LogP contribution is -2.51. The Bertz CT molecular complexity index is 744. The third-order valence-electron chi connectivity index (χ3n) is 10.3. The van der Waals surface area contributed by atoms with Crippen LogP contribution in [-0.2, 0) is 9.53 Å². The van der Waals surface area contributed by atoms with E-state index in [4.69, 9.17) is 4.74 Å². The first kappa shape index (κ1) is 23.1. The minimum atomic E-state index is -0.118. The highest BCUT2D eigenvalue weighted by Crippen LogP contribution is 2.67. The van der Waals surface area contributed by atoms with Crippen LogP contribution in [0.5, 0.6) is 0 Å². The number of carbonyl (C=O) groups excluding carboxylic acids is 1. The molecule has 31 heavy (non-hydrogen) atoms. The molecule has 0 heterocycles. The van der Waals surface area contributed by atoms with Crippen molar-refractivity contribution in [3.05, 3.63) is 23.3 Å². The quantitative estimate of drug-likeness (QED) is 0.330. The molecule has 8 atom stereocenters. The van der Waals surface area contributed by atoms with Crippen molar-refractivity contribution in [3.63, 3.8) is 0 Å². The summed E-state index contributed by atoms with van der Waals surface area (Å²) < 4.78 is 5.61. The highest BCUT2D eigenvalue weighted by Gasteiger charge is 2.59. The van der Waals surface area contributed by atoms with E-state index in [9.17, 15) is 4.79 Å². The maximum absolute atomic E-state index is 11.5. The Labute approximate surface area is 191 Å². The first-order valence-electron chi connectivity index (χ1n) is 13.1. The van der Waals surface area contributed by atoms with E-state index in [1.54, 1.807) is 12.5 Å². The lowest BCUT2D eigenvalue weighted by Gasteiger charge is -2.58. The summed E-state index contributed by atoms with van der Waals surface area (Å²) in [7, 11) is 0. The van der Waals surface area contributed by atoms with Crippen LogP contribution in [0, 0.1) is 40.4 Å². The van der Waals surface area contributed by atoms with Gasteiger partial charge in [-0.2, -0.15) is 0 Å². The summed E-state index contributed by atoms with van der Waals surface area (Å²) in [5.74, 6) is 4.24. The molecular weight excluding hydrogens is 380 g/mol. The standard InChI is InChI=1S/C29H46O2/c1-19(2)8-7-9-20(3)25-12-13-26-24-11-10-22-18-23(31-21(4)30)14-16-28(22,5)27(24)15-17-29(25,26)6/h8,10,20,23-27H,7,9,11-18H2,1-6H3/t20-,23-,24-,25-,26-,27-,28+,29-/m1/s1. The number of hydrogen-bond donors (Lipinski definition) is 0. The molecule has 0 amide bonds. The highest BCUT2D eigenvalue weighted by atomic mass is 16.5. The molecule has 0 aliphatic heterocycles. The molecule has 0 unspecified atom stereocenters. The van der Waals surface area contributed by atoms with Crippen LogP contribution < -0.4 is 0 Å². The van der Waals surface area contributed by atoms with Crippen LogP contribution in [0.2, 0.25) is 0 Å². The van der Waals surface area contributed by atoms with Gasteiger partial charge in [0.1, 0.15) is 6.10 Å². The Hall–Kier alpha value is -1.05. The number of carbonyl (C=O) groups is 1. The van der Waals surface area contributed by atoms with Crippen LogP contribution in [0.4, 0.5) is 0 Å². The fraction of sp³-hybridized carbons (Fsp3) is 0.828. The van der Waals surface area contributed by atoms with Crippen molar-refractivity contribution in [2.45, 2.75) is 112 Å². The van der Waals surface area contributed by atoms with Gasteiger partial charge >= 0.3 is 5.97 Å². The first-order valence-corrected chi connectivity index (χ1v) is 13.1. The minimum absolute atomic E-state index is 0.111. The summed E-state index contributed by atoms with van der Waals surface area (Å²) in [6.45, 7) is 13.8. The van der Waals surface area contributed by atoms with Crippen molar-refractivity contribution in [3.8, 4) is 0 Å². The molecule has 0 spiro atoms. The normalized spacial score (nSPS) is 42.5. The van der Waals surface area contributed by atoms with Crippen LogP contribution in [0.3, 0.4) is 0 Å². The number of ether oxygens (including phenoxy) is 1. The Morgan fingerprint density at radius 3 is 2.61 bits per heavy atom. The van der Waals surface area contributed by atoms with Gasteiger partial charge in [0.05, 0.1) is 0 Å². The first-order chi connectivity index (χ1) is 14.6. The molecule has 0 aromatic rings. The van der Waals surface area contributed by atoms with Crippen LogP contribution in [-0.4, -0.2) is 12.1 Å². The van der Waals surface area contributed by atoms with Gasteiger partial charge in [-0.15, -0.1) is 0 Å². The summed E-state index contributed by atoms with van der Waals surface area (Å²) in [6, 6.07) is 0. The smallest absolute Gasteiger partial charge is 0.302 e. The number of rotatable bonds is 5. The molecule has 2 heteroatoms. The van der Waals surface area contributed by atoms with E-state index in [0.29, 0.717) is 10.8 Å². The van der Waals surface area contributed by atoms with Gasteiger partial charge in [0.15, 0.2) is 0 Å². The van der Waals surface area contributed by atoms with Crippen molar-refractivity contribution in [2.75, 3.05) is 0 Å². The zero-order valence-electron chi connectivity index (χ0n) is 21.0. The molecule has 3 fully saturated rings. The van der Waals surface area contributed by atoms with Gasteiger partial charge in [-0.05, 0) is 112 Å². The third-order valence-corrected chi connectivity index (χ3v) is 10.3. The Balaban J connectivity index is 1.48. The predicted octanol–water partition coefficient (Wildman–Crippen LogP) is 7.88. The third kappa shape index (κ3) is 4.18. The average molecular weight is 427 g/mol. The molecule has 2 nitrogen and oxygen atoms in total. The Morgan fingerprint density at radius 1 is 1.13 bits per heavy atom.